The first-order valence-electron chi connectivity index (χ1n) is 15.1. The van der Waals surface area contributed by atoms with Crippen molar-refractivity contribution < 1.29 is 4.42 Å². The molecule has 4 nitrogen and oxygen atoms in total. The molecule has 4 heterocycles. The molecule has 6 heteroatoms. The minimum Gasteiger partial charge on any atom is -0.454 e. The average molecular weight is 673 g/mol. The van der Waals surface area contributed by atoms with E-state index in [4.69, 9.17) is 14.4 Å². The highest BCUT2D eigenvalue weighted by Gasteiger charge is 2.22. The van der Waals surface area contributed by atoms with Crippen LogP contribution < -0.4 is 0 Å². The molecule has 10 rings (SSSR count). The van der Waals surface area contributed by atoms with Gasteiger partial charge in [-0.05, 0) is 64.5 Å². The van der Waals surface area contributed by atoms with Crippen molar-refractivity contribution in [1.29, 1.82) is 0 Å². The van der Waals surface area contributed by atoms with E-state index in [-0.39, 0.29) is 0 Å². The number of thiophene rings is 1. The van der Waals surface area contributed by atoms with Crippen LogP contribution in [0, 0.1) is 0 Å². The van der Waals surface area contributed by atoms with Gasteiger partial charge in [-0.25, -0.2) is 9.97 Å². The van der Waals surface area contributed by atoms with Crippen LogP contribution in [0.4, 0.5) is 0 Å². The summed E-state index contributed by atoms with van der Waals surface area (Å²) in [7, 11) is 0. The quantitative estimate of drug-likeness (QED) is 0.188. The summed E-state index contributed by atoms with van der Waals surface area (Å²) in [5, 5.41) is 5.66. The van der Waals surface area contributed by atoms with Crippen molar-refractivity contribution in [3.05, 3.63) is 138 Å². The minimum absolute atomic E-state index is 0.715. The molecule has 0 bridgehead atoms. The average Bonchev–Trinajstić information content (AvgIpc) is 3.79. The Morgan fingerprint density at radius 3 is 2.20 bits per heavy atom. The zero-order chi connectivity index (χ0) is 30.4. The summed E-state index contributed by atoms with van der Waals surface area (Å²) in [6.45, 7) is 0. The second-order valence-electron chi connectivity index (χ2n) is 11.5. The van der Waals surface area contributed by atoms with Crippen molar-refractivity contribution in [3.63, 3.8) is 0 Å². The van der Waals surface area contributed by atoms with Crippen molar-refractivity contribution in [2.75, 3.05) is 0 Å². The summed E-state index contributed by atoms with van der Waals surface area (Å²) in [6.07, 6.45) is 0. The number of halogens is 1. The molecule has 0 aliphatic carbocycles. The summed E-state index contributed by atoms with van der Waals surface area (Å²) in [6, 6.07) is 46.5. The lowest BCUT2D eigenvalue weighted by molar-refractivity contribution is 0.671. The fourth-order valence-electron chi connectivity index (χ4n) is 6.82. The molecule has 0 fully saturated rings. The maximum absolute atomic E-state index is 6.59. The molecule has 4 aromatic heterocycles. The molecule has 6 aromatic carbocycles. The number of hydrogen-bond acceptors (Lipinski definition) is 4. The van der Waals surface area contributed by atoms with E-state index in [1.807, 2.05) is 18.2 Å². The van der Waals surface area contributed by atoms with Crippen molar-refractivity contribution in [3.8, 4) is 28.3 Å². The molecular weight excluding hydrogens is 650 g/mol. The van der Waals surface area contributed by atoms with Crippen molar-refractivity contribution in [2.45, 2.75) is 0 Å². The zero-order valence-electron chi connectivity index (χ0n) is 24.2. The van der Waals surface area contributed by atoms with Crippen molar-refractivity contribution in [1.82, 2.24) is 14.5 Å². The van der Waals surface area contributed by atoms with E-state index in [9.17, 15) is 0 Å². The molecule has 0 aliphatic rings. The van der Waals surface area contributed by atoms with Gasteiger partial charge in [0, 0.05) is 52.9 Å². The van der Waals surface area contributed by atoms with Crippen molar-refractivity contribution in [2.24, 2.45) is 0 Å². The van der Waals surface area contributed by atoms with Crippen LogP contribution in [0.3, 0.4) is 0 Å². The molecule has 216 valence electrons. The molecule has 46 heavy (non-hydrogen) atoms. The molecule has 0 unspecified atom stereocenters. The summed E-state index contributed by atoms with van der Waals surface area (Å²) in [5.74, 6) is 0.715. The Hall–Kier alpha value is -5.30. The van der Waals surface area contributed by atoms with Gasteiger partial charge < -0.3 is 8.98 Å². The van der Waals surface area contributed by atoms with Gasteiger partial charge in [0.05, 0.1) is 26.9 Å². The summed E-state index contributed by atoms with van der Waals surface area (Å²) in [5.41, 5.74) is 8.98. The highest BCUT2D eigenvalue weighted by Crippen LogP contribution is 2.44. The lowest BCUT2D eigenvalue weighted by atomic mass is 10.1. The smallest absolute Gasteiger partial charge is 0.161 e. The third kappa shape index (κ3) is 3.71. The molecule has 0 atom stereocenters. The van der Waals surface area contributed by atoms with E-state index in [0.717, 1.165) is 80.9 Å². The van der Waals surface area contributed by atoms with Crippen LogP contribution in [0.15, 0.2) is 142 Å². The molecule has 0 N–H and O–H groups in total. The number of para-hydroxylation sites is 2. The predicted octanol–water partition coefficient (Wildman–Crippen LogP) is 11.9. The lowest BCUT2D eigenvalue weighted by Gasteiger charge is -2.10. The fourth-order valence-corrected chi connectivity index (χ4v) is 8.60. The maximum atomic E-state index is 6.59. The largest absolute Gasteiger partial charge is 0.454 e. The van der Waals surface area contributed by atoms with E-state index in [2.05, 4.69) is 136 Å². The molecule has 0 amide bonds. The minimum atomic E-state index is 0.715. The Balaban J connectivity index is 1.21. The molecular formula is C40H22BrN3OS. The normalized spacial score (nSPS) is 12.0. The van der Waals surface area contributed by atoms with Crippen LogP contribution in [0.25, 0.3) is 92.4 Å². The van der Waals surface area contributed by atoms with Gasteiger partial charge in [-0.2, -0.15) is 0 Å². The molecule has 10 aromatic rings. The number of furan rings is 1. The van der Waals surface area contributed by atoms with E-state index < -0.39 is 0 Å². The van der Waals surface area contributed by atoms with Gasteiger partial charge in [0.15, 0.2) is 11.4 Å². The zero-order valence-corrected chi connectivity index (χ0v) is 26.6. The Kier molecular flexibility index (Phi) is 5.56. The van der Waals surface area contributed by atoms with E-state index in [1.54, 1.807) is 11.3 Å². The van der Waals surface area contributed by atoms with Gasteiger partial charge in [-0.15, -0.1) is 11.3 Å². The van der Waals surface area contributed by atoms with Crippen LogP contribution in [-0.4, -0.2) is 14.5 Å². The second kappa shape index (κ2) is 9.85. The summed E-state index contributed by atoms with van der Waals surface area (Å²) in [4.78, 5) is 10.3. The topological polar surface area (TPSA) is 43.9 Å². The number of aromatic nitrogens is 3. The molecule has 0 radical (unpaired) electrons. The lowest BCUT2D eigenvalue weighted by Crippen LogP contribution is -1.96. The third-order valence-electron chi connectivity index (χ3n) is 8.88. The molecule has 0 spiro atoms. The first kappa shape index (κ1) is 26.0. The summed E-state index contributed by atoms with van der Waals surface area (Å²) < 4.78 is 12.3. The van der Waals surface area contributed by atoms with Crippen LogP contribution in [0.1, 0.15) is 0 Å². The van der Waals surface area contributed by atoms with Gasteiger partial charge in [-0.3, -0.25) is 0 Å². The number of benzene rings is 6. The number of hydrogen-bond donors (Lipinski definition) is 0. The van der Waals surface area contributed by atoms with Crippen molar-refractivity contribution >= 4 is 91.3 Å². The molecule has 0 saturated heterocycles. The van der Waals surface area contributed by atoms with Crippen LogP contribution >= 0.6 is 27.3 Å². The number of rotatable bonds is 3. The van der Waals surface area contributed by atoms with Crippen LogP contribution in [0.5, 0.6) is 0 Å². The Morgan fingerprint density at radius 1 is 0.630 bits per heavy atom. The summed E-state index contributed by atoms with van der Waals surface area (Å²) >= 11 is 5.63. The van der Waals surface area contributed by atoms with Gasteiger partial charge in [0.1, 0.15) is 5.58 Å². The van der Waals surface area contributed by atoms with Crippen LogP contribution in [-0.2, 0) is 0 Å². The van der Waals surface area contributed by atoms with Gasteiger partial charge in [0.2, 0.25) is 0 Å². The number of nitrogens with zero attached hydrogens (tertiary/aromatic N) is 3. The highest BCUT2D eigenvalue weighted by molar-refractivity contribution is 9.10. The number of fused-ring (bicyclic) bond motifs is 10. The predicted molar refractivity (Wildman–Crippen MR) is 195 cm³/mol. The Labute approximate surface area is 275 Å². The standard InChI is InChI=1S/C40H22BrN3OS/c41-30-22-29-26-12-4-7-15-31(26)44(37(29)38-34(30)27-13-5-8-16-32(27)45-38)25-20-18-24(19-21-25)40-42-35(23-10-2-1-3-11-23)39-36(43-40)28-14-6-9-17-33(28)46-39/h1-22H. The van der Waals surface area contributed by atoms with E-state index >= 15 is 0 Å². The van der Waals surface area contributed by atoms with Gasteiger partial charge in [-0.1, -0.05) is 84.9 Å². The fraction of sp³-hybridized carbons (Fsp3) is 0. The van der Waals surface area contributed by atoms with Gasteiger partial charge >= 0.3 is 0 Å². The van der Waals surface area contributed by atoms with E-state index in [1.165, 1.54) is 10.1 Å². The Bertz CT molecular complexity index is 2810. The van der Waals surface area contributed by atoms with Crippen LogP contribution in [0.2, 0.25) is 0 Å². The monoisotopic (exact) mass is 671 g/mol. The molecule has 0 aliphatic heterocycles. The van der Waals surface area contributed by atoms with Gasteiger partial charge in [0.25, 0.3) is 0 Å². The maximum Gasteiger partial charge on any atom is 0.161 e. The third-order valence-corrected chi connectivity index (χ3v) is 10.7. The molecule has 0 saturated carbocycles. The first-order valence-corrected chi connectivity index (χ1v) is 16.7. The Morgan fingerprint density at radius 2 is 1.35 bits per heavy atom. The highest BCUT2D eigenvalue weighted by atomic mass is 79.9. The van der Waals surface area contributed by atoms with E-state index in [0.29, 0.717) is 5.82 Å². The first-order chi connectivity index (χ1) is 22.7. The SMILES string of the molecule is Brc1cc2c3ccccc3n(-c3ccc(-c4nc(-c5ccccc5)c5sc6ccccc6c5n4)cc3)c2c2oc3ccccc3c12. The second-order valence-corrected chi connectivity index (χ2v) is 13.4.